The second-order valence-corrected chi connectivity index (χ2v) is 4.37. The SMILES string of the molecule is CCCNc1ncc(C)c(-c2ccc(F)c(F)c2F)n1. The number of hydrogen-bond acceptors (Lipinski definition) is 3. The van der Waals surface area contributed by atoms with E-state index in [4.69, 9.17) is 0 Å². The molecule has 1 N–H and O–H groups in total. The zero-order valence-corrected chi connectivity index (χ0v) is 11.2. The molecule has 1 aromatic heterocycles. The molecule has 6 heteroatoms. The average molecular weight is 281 g/mol. The molecule has 0 atom stereocenters. The highest BCUT2D eigenvalue weighted by Crippen LogP contribution is 2.27. The lowest BCUT2D eigenvalue weighted by atomic mass is 10.1. The number of aryl methyl sites for hydroxylation is 1. The molecule has 0 fully saturated rings. The maximum Gasteiger partial charge on any atom is 0.223 e. The topological polar surface area (TPSA) is 37.8 Å². The monoisotopic (exact) mass is 281 g/mol. The molecule has 0 aliphatic carbocycles. The van der Waals surface area contributed by atoms with Gasteiger partial charge in [-0.15, -0.1) is 0 Å². The zero-order valence-electron chi connectivity index (χ0n) is 11.2. The predicted octanol–water partition coefficient (Wildman–Crippen LogP) is 3.69. The molecule has 0 radical (unpaired) electrons. The molecule has 2 rings (SSSR count). The Morgan fingerprint density at radius 2 is 1.90 bits per heavy atom. The van der Waals surface area contributed by atoms with Crippen LogP contribution in [0.3, 0.4) is 0 Å². The summed E-state index contributed by atoms with van der Waals surface area (Å²) >= 11 is 0. The fraction of sp³-hybridized carbons (Fsp3) is 0.286. The maximum absolute atomic E-state index is 13.8. The Kier molecular flexibility index (Phi) is 4.22. The fourth-order valence-electron chi connectivity index (χ4n) is 1.75. The molecule has 1 aromatic carbocycles. The van der Waals surface area contributed by atoms with Crippen molar-refractivity contribution in [2.75, 3.05) is 11.9 Å². The van der Waals surface area contributed by atoms with E-state index < -0.39 is 17.5 Å². The molecule has 0 amide bonds. The van der Waals surface area contributed by atoms with Gasteiger partial charge in [-0.1, -0.05) is 6.92 Å². The van der Waals surface area contributed by atoms with Crippen LogP contribution in [0.25, 0.3) is 11.3 Å². The van der Waals surface area contributed by atoms with E-state index in [9.17, 15) is 13.2 Å². The summed E-state index contributed by atoms with van der Waals surface area (Å²) in [6, 6.07) is 2.06. The van der Waals surface area contributed by atoms with Gasteiger partial charge < -0.3 is 5.32 Å². The molecule has 0 bridgehead atoms. The predicted molar refractivity (Wildman–Crippen MR) is 70.9 cm³/mol. The van der Waals surface area contributed by atoms with E-state index in [1.165, 1.54) is 12.3 Å². The van der Waals surface area contributed by atoms with Gasteiger partial charge in [-0.05, 0) is 31.0 Å². The van der Waals surface area contributed by atoms with E-state index in [0.717, 1.165) is 12.5 Å². The van der Waals surface area contributed by atoms with E-state index in [1.54, 1.807) is 6.92 Å². The van der Waals surface area contributed by atoms with Gasteiger partial charge in [0.2, 0.25) is 5.95 Å². The van der Waals surface area contributed by atoms with Crippen molar-refractivity contribution in [1.29, 1.82) is 0 Å². The first-order valence-electron chi connectivity index (χ1n) is 6.26. The normalized spacial score (nSPS) is 10.7. The van der Waals surface area contributed by atoms with Gasteiger partial charge in [0.25, 0.3) is 0 Å². The molecule has 2 aromatic rings. The van der Waals surface area contributed by atoms with Crippen LogP contribution in [0.1, 0.15) is 18.9 Å². The first-order valence-corrected chi connectivity index (χ1v) is 6.26. The quantitative estimate of drug-likeness (QED) is 0.868. The van der Waals surface area contributed by atoms with Gasteiger partial charge in [0, 0.05) is 18.3 Å². The standard InChI is InChI=1S/C14H14F3N3/c1-3-6-18-14-19-7-8(2)13(20-14)9-4-5-10(15)12(17)11(9)16/h4-5,7H,3,6H2,1-2H3,(H,18,19,20). The van der Waals surface area contributed by atoms with Gasteiger partial charge in [0.05, 0.1) is 5.69 Å². The largest absolute Gasteiger partial charge is 0.354 e. The molecule has 106 valence electrons. The lowest BCUT2D eigenvalue weighted by Gasteiger charge is -2.10. The maximum atomic E-state index is 13.8. The number of nitrogens with zero attached hydrogens (tertiary/aromatic N) is 2. The Morgan fingerprint density at radius 3 is 2.60 bits per heavy atom. The van der Waals surface area contributed by atoms with Gasteiger partial charge in [-0.25, -0.2) is 23.1 Å². The molecule has 0 aliphatic rings. The molecular formula is C14H14F3N3. The third-order valence-electron chi connectivity index (χ3n) is 2.80. The van der Waals surface area contributed by atoms with E-state index >= 15 is 0 Å². The van der Waals surface area contributed by atoms with Crippen LogP contribution < -0.4 is 5.32 Å². The van der Waals surface area contributed by atoms with Crippen LogP contribution in [0.5, 0.6) is 0 Å². The minimum atomic E-state index is -1.50. The molecule has 0 saturated carbocycles. The zero-order chi connectivity index (χ0) is 14.7. The van der Waals surface area contributed by atoms with E-state index in [-0.39, 0.29) is 11.3 Å². The molecule has 0 saturated heterocycles. The van der Waals surface area contributed by atoms with E-state index in [0.29, 0.717) is 18.1 Å². The van der Waals surface area contributed by atoms with Crippen molar-refractivity contribution in [3.05, 3.63) is 41.3 Å². The minimum Gasteiger partial charge on any atom is -0.354 e. The number of halogens is 3. The van der Waals surface area contributed by atoms with Gasteiger partial charge in [0.1, 0.15) is 0 Å². The van der Waals surface area contributed by atoms with Crippen LogP contribution in [0.4, 0.5) is 19.1 Å². The molecule has 0 spiro atoms. The van der Waals surface area contributed by atoms with Crippen molar-refractivity contribution in [3.8, 4) is 11.3 Å². The van der Waals surface area contributed by atoms with Crippen molar-refractivity contribution < 1.29 is 13.2 Å². The first-order chi connectivity index (χ1) is 9.54. The third kappa shape index (κ3) is 2.74. The van der Waals surface area contributed by atoms with Crippen LogP contribution in [-0.4, -0.2) is 16.5 Å². The molecule has 0 aliphatic heterocycles. The van der Waals surface area contributed by atoms with Crippen LogP contribution >= 0.6 is 0 Å². The minimum absolute atomic E-state index is 0.0802. The summed E-state index contributed by atoms with van der Waals surface area (Å²) in [7, 11) is 0. The summed E-state index contributed by atoms with van der Waals surface area (Å²) in [6.45, 7) is 4.33. The van der Waals surface area contributed by atoms with Gasteiger partial charge in [0.15, 0.2) is 17.5 Å². The van der Waals surface area contributed by atoms with Crippen molar-refractivity contribution >= 4 is 5.95 Å². The Bertz CT molecular complexity index is 629. The summed E-state index contributed by atoms with van der Waals surface area (Å²) in [4.78, 5) is 8.22. The van der Waals surface area contributed by atoms with Crippen molar-refractivity contribution in [3.63, 3.8) is 0 Å². The summed E-state index contributed by atoms with van der Waals surface area (Å²) in [5.41, 5.74) is 0.746. The van der Waals surface area contributed by atoms with Crippen molar-refractivity contribution in [2.45, 2.75) is 20.3 Å². The summed E-state index contributed by atoms with van der Waals surface area (Å²) in [6.07, 6.45) is 2.40. The number of benzene rings is 1. The lowest BCUT2D eigenvalue weighted by molar-refractivity contribution is 0.448. The number of hydrogen-bond donors (Lipinski definition) is 1. The third-order valence-corrected chi connectivity index (χ3v) is 2.80. The number of aromatic nitrogens is 2. The highest BCUT2D eigenvalue weighted by Gasteiger charge is 2.17. The second kappa shape index (κ2) is 5.90. The fourth-order valence-corrected chi connectivity index (χ4v) is 1.75. The summed E-state index contributed by atoms with van der Waals surface area (Å²) in [5, 5.41) is 2.96. The van der Waals surface area contributed by atoms with Crippen molar-refractivity contribution in [1.82, 2.24) is 9.97 Å². The molecule has 20 heavy (non-hydrogen) atoms. The van der Waals surface area contributed by atoms with Crippen LogP contribution in [0.2, 0.25) is 0 Å². The summed E-state index contributed by atoms with van der Waals surface area (Å²) < 4.78 is 40.1. The van der Waals surface area contributed by atoms with Crippen LogP contribution in [-0.2, 0) is 0 Å². The number of anilines is 1. The number of rotatable bonds is 4. The first kappa shape index (κ1) is 14.3. The Hall–Kier alpha value is -2.11. The van der Waals surface area contributed by atoms with Gasteiger partial charge in [-0.2, -0.15) is 0 Å². The smallest absolute Gasteiger partial charge is 0.223 e. The van der Waals surface area contributed by atoms with Gasteiger partial charge >= 0.3 is 0 Å². The van der Waals surface area contributed by atoms with Crippen LogP contribution in [0, 0.1) is 24.4 Å². The lowest BCUT2D eigenvalue weighted by Crippen LogP contribution is -2.06. The summed E-state index contributed by atoms with van der Waals surface area (Å²) in [5.74, 6) is -3.63. The highest BCUT2D eigenvalue weighted by molar-refractivity contribution is 5.64. The second-order valence-electron chi connectivity index (χ2n) is 4.37. The Morgan fingerprint density at radius 1 is 1.15 bits per heavy atom. The number of nitrogens with one attached hydrogen (secondary N) is 1. The Balaban J connectivity index is 2.49. The van der Waals surface area contributed by atoms with Gasteiger partial charge in [-0.3, -0.25) is 0 Å². The van der Waals surface area contributed by atoms with E-state index in [2.05, 4.69) is 15.3 Å². The highest BCUT2D eigenvalue weighted by atomic mass is 19.2. The van der Waals surface area contributed by atoms with E-state index in [1.807, 2.05) is 6.92 Å². The molecule has 0 unspecified atom stereocenters. The molecule has 3 nitrogen and oxygen atoms in total. The molecular weight excluding hydrogens is 267 g/mol. The molecule has 1 heterocycles. The Labute approximate surface area is 114 Å². The van der Waals surface area contributed by atoms with Crippen LogP contribution in [0.15, 0.2) is 18.3 Å². The average Bonchev–Trinajstić information content (AvgIpc) is 2.45. The van der Waals surface area contributed by atoms with Crippen molar-refractivity contribution in [2.24, 2.45) is 0 Å².